The van der Waals surface area contributed by atoms with Crippen LogP contribution in [0.4, 0.5) is 0 Å². The van der Waals surface area contributed by atoms with Crippen LogP contribution in [-0.2, 0) is 0 Å². The first-order valence-corrected chi connectivity index (χ1v) is 6.38. The highest BCUT2D eigenvalue weighted by molar-refractivity contribution is 6.77. The number of rotatable bonds is 1. The summed E-state index contributed by atoms with van der Waals surface area (Å²) in [5.74, 6) is 2.17. The summed E-state index contributed by atoms with van der Waals surface area (Å²) in [6, 6.07) is 8.47. The van der Waals surface area contributed by atoms with E-state index in [0.29, 0.717) is 18.3 Å². The van der Waals surface area contributed by atoms with Crippen LogP contribution in [0.3, 0.4) is 0 Å². The molecule has 3 rings (SSSR count). The molecule has 2 heteroatoms. The largest absolute Gasteiger partial charge is 0.487 e. The fourth-order valence-electron chi connectivity index (χ4n) is 3.07. The molecule has 0 bridgehead atoms. The van der Waals surface area contributed by atoms with E-state index in [1.165, 1.54) is 5.46 Å². The molecule has 1 aromatic carbocycles. The second kappa shape index (κ2) is 4.10. The van der Waals surface area contributed by atoms with Crippen LogP contribution >= 0.6 is 0 Å². The lowest BCUT2D eigenvalue weighted by molar-refractivity contribution is 0.245. The molecular weight excluding hydrogens is 207 g/mol. The molecule has 0 saturated heterocycles. The van der Waals surface area contributed by atoms with E-state index in [1.54, 1.807) is 0 Å². The molecule has 0 spiro atoms. The standard InChI is InChI=1S/C15H17BO/c1-11(2)16-12-7-3-5-9-14(12)17-15-10-6-4-8-13(15)16/h3-12,14H,1-2H3. The van der Waals surface area contributed by atoms with Gasteiger partial charge in [0, 0.05) is 5.82 Å². The van der Waals surface area contributed by atoms with Crippen molar-refractivity contribution in [2.75, 3.05) is 0 Å². The Labute approximate surface area is 103 Å². The smallest absolute Gasteiger partial charge is 0.195 e. The van der Waals surface area contributed by atoms with Crippen molar-refractivity contribution in [3.63, 3.8) is 0 Å². The molecule has 2 atom stereocenters. The Bertz CT molecular complexity index is 476. The van der Waals surface area contributed by atoms with Crippen LogP contribution in [0.5, 0.6) is 5.75 Å². The first kappa shape index (κ1) is 10.7. The third kappa shape index (κ3) is 1.72. The molecule has 0 N–H and O–H groups in total. The van der Waals surface area contributed by atoms with Gasteiger partial charge in [-0.2, -0.15) is 0 Å². The predicted molar refractivity (Wildman–Crippen MR) is 73.4 cm³/mol. The predicted octanol–water partition coefficient (Wildman–Crippen LogP) is 3.06. The number of allylic oxidation sites excluding steroid dienone is 2. The van der Waals surface area contributed by atoms with Gasteiger partial charge in [0.1, 0.15) is 11.9 Å². The zero-order chi connectivity index (χ0) is 11.8. The van der Waals surface area contributed by atoms with Crippen molar-refractivity contribution in [1.82, 2.24) is 0 Å². The Kier molecular flexibility index (Phi) is 2.58. The maximum atomic E-state index is 6.08. The van der Waals surface area contributed by atoms with Gasteiger partial charge in [-0.3, -0.25) is 0 Å². The molecule has 1 aliphatic heterocycles. The van der Waals surface area contributed by atoms with E-state index in [-0.39, 0.29) is 6.10 Å². The van der Waals surface area contributed by atoms with Gasteiger partial charge in [-0.1, -0.05) is 56.1 Å². The van der Waals surface area contributed by atoms with E-state index < -0.39 is 0 Å². The number of para-hydroxylation sites is 1. The van der Waals surface area contributed by atoms with Gasteiger partial charge in [-0.25, -0.2) is 0 Å². The van der Waals surface area contributed by atoms with Crippen molar-refractivity contribution in [2.45, 2.75) is 31.6 Å². The lowest BCUT2D eigenvalue weighted by atomic mass is 9.29. The minimum absolute atomic E-state index is 0.210. The van der Waals surface area contributed by atoms with Crippen molar-refractivity contribution >= 4 is 12.2 Å². The Morgan fingerprint density at radius 3 is 2.71 bits per heavy atom. The fraction of sp³-hybridized carbons (Fsp3) is 0.333. The van der Waals surface area contributed by atoms with E-state index in [9.17, 15) is 0 Å². The molecule has 0 radical (unpaired) electrons. The van der Waals surface area contributed by atoms with Gasteiger partial charge in [0.25, 0.3) is 0 Å². The molecule has 0 aromatic heterocycles. The Hall–Kier alpha value is -1.44. The normalized spacial score (nSPS) is 25.5. The Morgan fingerprint density at radius 1 is 1.12 bits per heavy atom. The van der Waals surface area contributed by atoms with Gasteiger partial charge in [0.05, 0.1) is 0 Å². The minimum atomic E-state index is 0.210. The molecule has 0 saturated carbocycles. The average molecular weight is 224 g/mol. The zero-order valence-corrected chi connectivity index (χ0v) is 10.3. The summed E-state index contributed by atoms with van der Waals surface area (Å²) >= 11 is 0. The van der Waals surface area contributed by atoms with E-state index in [1.807, 2.05) is 0 Å². The van der Waals surface area contributed by atoms with E-state index in [4.69, 9.17) is 4.74 Å². The monoisotopic (exact) mass is 224 g/mol. The molecule has 17 heavy (non-hydrogen) atoms. The van der Waals surface area contributed by atoms with E-state index in [0.717, 1.165) is 5.75 Å². The molecule has 2 aliphatic rings. The quantitative estimate of drug-likeness (QED) is 0.666. The van der Waals surface area contributed by atoms with Crippen molar-refractivity contribution < 1.29 is 4.74 Å². The maximum absolute atomic E-state index is 6.08. The third-order valence-electron chi connectivity index (χ3n) is 3.80. The van der Waals surface area contributed by atoms with Crippen molar-refractivity contribution in [3.8, 4) is 5.75 Å². The number of fused-ring (bicyclic) bond motifs is 2. The first-order chi connectivity index (χ1) is 8.27. The molecule has 1 aliphatic carbocycles. The summed E-state index contributed by atoms with van der Waals surface area (Å²) < 4.78 is 6.08. The second-order valence-electron chi connectivity index (χ2n) is 5.24. The number of ether oxygens (including phenoxy) is 1. The summed E-state index contributed by atoms with van der Waals surface area (Å²) in [6.45, 7) is 5.16. The second-order valence-corrected chi connectivity index (χ2v) is 5.24. The van der Waals surface area contributed by atoms with Crippen molar-refractivity contribution in [3.05, 3.63) is 48.6 Å². The SMILES string of the molecule is CC(C)B1c2ccccc2OC2C=CC=CC12. The highest BCUT2D eigenvalue weighted by Gasteiger charge is 2.40. The molecule has 0 fully saturated rings. The van der Waals surface area contributed by atoms with Gasteiger partial charge in [-0.05, 0) is 17.6 Å². The summed E-state index contributed by atoms with van der Waals surface area (Å²) in [7, 11) is 0. The third-order valence-corrected chi connectivity index (χ3v) is 3.80. The highest BCUT2D eigenvalue weighted by Crippen LogP contribution is 2.36. The molecule has 1 aromatic rings. The molecular formula is C15H17BO. The first-order valence-electron chi connectivity index (χ1n) is 6.38. The maximum Gasteiger partial charge on any atom is 0.195 e. The topological polar surface area (TPSA) is 9.23 Å². The number of hydrogen-bond acceptors (Lipinski definition) is 1. The number of hydrogen-bond donors (Lipinski definition) is 0. The van der Waals surface area contributed by atoms with Gasteiger partial charge in [0.2, 0.25) is 0 Å². The van der Waals surface area contributed by atoms with E-state index in [2.05, 4.69) is 62.4 Å². The Balaban J connectivity index is 2.09. The fourth-order valence-corrected chi connectivity index (χ4v) is 3.07. The van der Waals surface area contributed by atoms with Crippen LogP contribution in [-0.4, -0.2) is 12.8 Å². The number of benzene rings is 1. The van der Waals surface area contributed by atoms with Gasteiger partial charge in [0.15, 0.2) is 6.71 Å². The van der Waals surface area contributed by atoms with Crippen molar-refractivity contribution in [2.24, 2.45) is 0 Å². The van der Waals surface area contributed by atoms with Gasteiger partial charge >= 0.3 is 0 Å². The molecule has 86 valence electrons. The minimum Gasteiger partial charge on any atom is -0.487 e. The molecule has 2 unspecified atom stereocenters. The lowest BCUT2D eigenvalue weighted by Crippen LogP contribution is -2.48. The average Bonchev–Trinajstić information content (AvgIpc) is 2.35. The lowest BCUT2D eigenvalue weighted by Gasteiger charge is -2.38. The van der Waals surface area contributed by atoms with Crippen LogP contribution in [0.15, 0.2) is 48.6 Å². The van der Waals surface area contributed by atoms with E-state index >= 15 is 0 Å². The summed E-state index contributed by atoms with van der Waals surface area (Å²) in [4.78, 5) is 0. The van der Waals surface area contributed by atoms with Crippen LogP contribution in [0, 0.1) is 0 Å². The van der Waals surface area contributed by atoms with Crippen LogP contribution in [0.1, 0.15) is 13.8 Å². The highest BCUT2D eigenvalue weighted by atomic mass is 16.5. The van der Waals surface area contributed by atoms with Crippen LogP contribution in [0.25, 0.3) is 0 Å². The zero-order valence-electron chi connectivity index (χ0n) is 10.3. The van der Waals surface area contributed by atoms with Gasteiger partial charge in [-0.15, -0.1) is 0 Å². The molecule has 1 heterocycles. The molecule has 0 amide bonds. The molecule has 1 nitrogen and oxygen atoms in total. The van der Waals surface area contributed by atoms with Crippen LogP contribution < -0.4 is 10.2 Å². The van der Waals surface area contributed by atoms with Crippen LogP contribution in [0.2, 0.25) is 11.6 Å². The van der Waals surface area contributed by atoms with Gasteiger partial charge < -0.3 is 4.74 Å². The Morgan fingerprint density at radius 2 is 1.88 bits per heavy atom. The summed E-state index contributed by atoms with van der Waals surface area (Å²) in [5, 5.41) is 0. The summed E-state index contributed by atoms with van der Waals surface area (Å²) in [5.41, 5.74) is 1.36. The van der Waals surface area contributed by atoms with Crippen molar-refractivity contribution in [1.29, 1.82) is 0 Å². The summed E-state index contributed by atoms with van der Waals surface area (Å²) in [6.07, 6.45) is 8.92.